The number of methoxy groups -OCH3 is 1. The molecule has 0 aliphatic carbocycles. The van der Waals surface area contributed by atoms with Crippen LogP contribution in [0.15, 0.2) is 48.5 Å². The number of carbonyl (C=O) groups excluding carboxylic acids is 2. The molecular formula is C24H31N3O3. The molecule has 6 nitrogen and oxygen atoms in total. The van der Waals surface area contributed by atoms with E-state index in [1.807, 2.05) is 30.3 Å². The van der Waals surface area contributed by atoms with E-state index in [-0.39, 0.29) is 24.2 Å². The fourth-order valence-corrected chi connectivity index (χ4v) is 3.80. The highest BCUT2D eigenvalue weighted by Gasteiger charge is 2.34. The van der Waals surface area contributed by atoms with Crippen molar-refractivity contribution in [2.75, 3.05) is 38.2 Å². The normalized spacial score (nSPS) is 15.9. The summed E-state index contributed by atoms with van der Waals surface area (Å²) >= 11 is 0. The van der Waals surface area contributed by atoms with Crippen LogP contribution in [0.2, 0.25) is 0 Å². The van der Waals surface area contributed by atoms with Gasteiger partial charge in [-0.1, -0.05) is 24.3 Å². The molecule has 2 aromatic rings. The summed E-state index contributed by atoms with van der Waals surface area (Å²) in [6, 6.07) is 16.0. The minimum Gasteiger partial charge on any atom is -0.497 e. The Morgan fingerprint density at radius 1 is 1.23 bits per heavy atom. The lowest BCUT2D eigenvalue weighted by Gasteiger charge is -2.24. The van der Waals surface area contributed by atoms with E-state index in [0.717, 1.165) is 30.1 Å². The molecule has 1 heterocycles. The molecule has 6 heteroatoms. The van der Waals surface area contributed by atoms with E-state index in [1.165, 1.54) is 5.56 Å². The molecule has 30 heavy (non-hydrogen) atoms. The molecule has 1 unspecified atom stereocenters. The summed E-state index contributed by atoms with van der Waals surface area (Å²) in [5, 5.41) is 3.02. The number of likely N-dealkylation sites (N-methyl/N-ethyl adjacent to an activating group) is 1. The van der Waals surface area contributed by atoms with Crippen LogP contribution in [0.4, 0.5) is 5.69 Å². The van der Waals surface area contributed by atoms with Crippen molar-refractivity contribution >= 4 is 17.5 Å². The Labute approximate surface area is 178 Å². The SMILES string of the molecule is CCN(CCNC(=O)C1CC(=O)N(Cc2ccc(OC)cc2)C1)c1cccc(C)c1. The quantitative estimate of drug-likeness (QED) is 0.692. The third kappa shape index (κ3) is 5.53. The van der Waals surface area contributed by atoms with Crippen molar-refractivity contribution in [1.82, 2.24) is 10.2 Å². The fourth-order valence-electron chi connectivity index (χ4n) is 3.80. The molecule has 0 aromatic heterocycles. The van der Waals surface area contributed by atoms with Crippen LogP contribution >= 0.6 is 0 Å². The Bertz CT molecular complexity index is 866. The zero-order valence-electron chi connectivity index (χ0n) is 18.1. The van der Waals surface area contributed by atoms with Crippen LogP contribution in [-0.4, -0.2) is 50.0 Å². The van der Waals surface area contributed by atoms with E-state index >= 15 is 0 Å². The zero-order valence-corrected chi connectivity index (χ0v) is 18.1. The second-order valence-electron chi connectivity index (χ2n) is 7.73. The number of anilines is 1. The third-order valence-corrected chi connectivity index (χ3v) is 5.55. The maximum Gasteiger partial charge on any atom is 0.225 e. The van der Waals surface area contributed by atoms with Crippen LogP contribution in [0.3, 0.4) is 0 Å². The monoisotopic (exact) mass is 409 g/mol. The first kappa shape index (κ1) is 21.7. The number of carbonyl (C=O) groups is 2. The molecule has 3 rings (SSSR count). The highest BCUT2D eigenvalue weighted by molar-refractivity contribution is 5.89. The van der Waals surface area contributed by atoms with Gasteiger partial charge in [0.1, 0.15) is 5.75 Å². The van der Waals surface area contributed by atoms with E-state index in [0.29, 0.717) is 19.6 Å². The fraction of sp³-hybridized carbons (Fsp3) is 0.417. The molecule has 0 saturated carbocycles. The summed E-state index contributed by atoms with van der Waals surface area (Å²) in [4.78, 5) is 29.0. The smallest absolute Gasteiger partial charge is 0.225 e. The van der Waals surface area contributed by atoms with Crippen molar-refractivity contribution in [1.29, 1.82) is 0 Å². The lowest BCUT2D eigenvalue weighted by molar-refractivity contribution is -0.129. The first-order valence-electron chi connectivity index (χ1n) is 10.5. The molecule has 1 aliphatic rings. The second kappa shape index (κ2) is 10.1. The summed E-state index contributed by atoms with van der Waals surface area (Å²) < 4.78 is 5.17. The molecular weight excluding hydrogens is 378 g/mol. The first-order chi connectivity index (χ1) is 14.5. The number of amides is 2. The largest absolute Gasteiger partial charge is 0.497 e. The molecule has 1 aliphatic heterocycles. The molecule has 0 bridgehead atoms. The number of hydrogen-bond acceptors (Lipinski definition) is 4. The molecule has 160 valence electrons. The van der Waals surface area contributed by atoms with Gasteiger partial charge in [0.05, 0.1) is 13.0 Å². The minimum absolute atomic E-state index is 0.0286. The Balaban J connectivity index is 1.48. The molecule has 1 saturated heterocycles. The lowest BCUT2D eigenvalue weighted by atomic mass is 10.1. The van der Waals surface area contributed by atoms with Crippen molar-refractivity contribution in [2.24, 2.45) is 5.92 Å². The molecule has 1 atom stereocenters. The summed E-state index contributed by atoms with van der Waals surface area (Å²) in [5.74, 6) is 0.488. The van der Waals surface area contributed by atoms with Crippen LogP contribution in [0.25, 0.3) is 0 Å². The third-order valence-electron chi connectivity index (χ3n) is 5.55. The number of hydrogen-bond donors (Lipinski definition) is 1. The van der Waals surface area contributed by atoms with Gasteiger partial charge in [-0.3, -0.25) is 9.59 Å². The number of rotatable bonds is 9. The van der Waals surface area contributed by atoms with Gasteiger partial charge in [0, 0.05) is 44.8 Å². The second-order valence-corrected chi connectivity index (χ2v) is 7.73. The molecule has 2 aromatic carbocycles. The van der Waals surface area contributed by atoms with Gasteiger partial charge in [0.2, 0.25) is 11.8 Å². The van der Waals surface area contributed by atoms with Crippen LogP contribution in [-0.2, 0) is 16.1 Å². The Morgan fingerprint density at radius 2 is 2.00 bits per heavy atom. The van der Waals surface area contributed by atoms with Gasteiger partial charge in [-0.25, -0.2) is 0 Å². The predicted octanol–water partition coefficient (Wildman–Crippen LogP) is 2.99. The summed E-state index contributed by atoms with van der Waals surface area (Å²) in [7, 11) is 1.63. The molecule has 1 N–H and O–H groups in total. The van der Waals surface area contributed by atoms with Crippen molar-refractivity contribution in [3.05, 3.63) is 59.7 Å². The van der Waals surface area contributed by atoms with Gasteiger partial charge >= 0.3 is 0 Å². The summed E-state index contributed by atoms with van der Waals surface area (Å²) in [5.41, 5.74) is 3.41. The van der Waals surface area contributed by atoms with Crippen molar-refractivity contribution in [2.45, 2.75) is 26.8 Å². The molecule has 2 amide bonds. The Hall–Kier alpha value is -3.02. The van der Waals surface area contributed by atoms with E-state index in [4.69, 9.17) is 4.74 Å². The Kier molecular flexibility index (Phi) is 7.33. The minimum atomic E-state index is -0.287. The first-order valence-corrected chi connectivity index (χ1v) is 10.5. The summed E-state index contributed by atoms with van der Waals surface area (Å²) in [6.07, 6.45) is 0.275. The summed E-state index contributed by atoms with van der Waals surface area (Å²) in [6.45, 7) is 7.34. The number of ether oxygens (including phenoxy) is 1. The standard InChI is InChI=1S/C24H31N3O3/c1-4-26(21-7-5-6-18(2)14-21)13-12-25-24(29)20-15-23(28)27(17-20)16-19-8-10-22(30-3)11-9-19/h5-11,14,20H,4,12-13,15-17H2,1-3H3,(H,25,29). The van der Waals surface area contributed by atoms with Gasteiger partial charge in [-0.2, -0.15) is 0 Å². The van der Waals surface area contributed by atoms with Crippen LogP contribution < -0.4 is 15.0 Å². The van der Waals surface area contributed by atoms with Crippen molar-refractivity contribution < 1.29 is 14.3 Å². The molecule has 1 fully saturated rings. The number of likely N-dealkylation sites (tertiary alicyclic amines) is 1. The average Bonchev–Trinajstić information content (AvgIpc) is 3.12. The molecule has 0 radical (unpaired) electrons. The van der Waals surface area contributed by atoms with E-state index in [9.17, 15) is 9.59 Å². The maximum absolute atomic E-state index is 12.6. The van der Waals surface area contributed by atoms with Crippen LogP contribution in [0.5, 0.6) is 5.75 Å². The predicted molar refractivity (Wildman–Crippen MR) is 119 cm³/mol. The van der Waals surface area contributed by atoms with E-state index in [2.05, 4.69) is 42.3 Å². The Morgan fingerprint density at radius 3 is 2.67 bits per heavy atom. The molecule has 0 spiro atoms. The topological polar surface area (TPSA) is 61.9 Å². The van der Waals surface area contributed by atoms with Gasteiger partial charge in [-0.15, -0.1) is 0 Å². The number of nitrogens with zero attached hydrogens (tertiary/aromatic N) is 2. The lowest BCUT2D eigenvalue weighted by Crippen LogP contribution is -2.38. The van der Waals surface area contributed by atoms with Crippen molar-refractivity contribution in [3.63, 3.8) is 0 Å². The van der Waals surface area contributed by atoms with E-state index in [1.54, 1.807) is 12.0 Å². The van der Waals surface area contributed by atoms with E-state index < -0.39 is 0 Å². The van der Waals surface area contributed by atoms with Gasteiger partial charge in [0.25, 0.3) is 0 Å². The van der Waals surface area contributed by atoms with Crippen LogP contribution in [0.1, 0.15) is 24.5 Å². The number of aryl methyl sites for hydroxylation is 1. The number of nitrogens with one attached hydrogen (secondary N) is 1. The van der Waals surface area contributed by atoms with Crippen LogP contribution in [0, 0.1) is 12.8 Å². The average molecular weight is 410 g/mol. The van der Waals surface area contributed by atoms with Gasteiger partial charge < -0.3 is 19.9 Å². The highest BCUT2D eigenvalue weighted by Crippen LogP contribution is 2.21. The maximum atomic E-state index is 12.6. The zero-order chi connectivity index (χ0) is 21.5. The van der Waals surface area contributed by atoms with Crippen molar-refractivity contribution in [3.8, 4) is 5.75 Å². The number of benzene rings is 2. The van der Waals surface area contributed by atoms with Gasteiger partial charge in [-0.05, 0) is 49.2 Å². The van der Waals surface area contributed by atoms with Gasteiger partial charge in [0.15, 0.2) is 0 Å². The highest BCUT2D eigenvalue weighted by atomic mass is 16.5.